The Hall–Kier alpha value is -3.06. The molecule has 0 N–H and O–H groups in total. The highest BCUT2D eigenvalue weighted by atomic mass is 32.2. The van der Waals surface area contributed by atoms with Gasteiger partial charge in [-0.15, -0.1) is 16.8 Å². The fourth-order valence-corrected chi connectivity index (χ4v) is 3.29. The summed E-state index contributed by atoms with van der Waals surface area (Å²) >= 11 is 1.30. The van der Waals surface area contributed by atoms with Gasteiger partial charge in [-0.05, 0) is 29.8 Å². The van der Waals surface area contributed by atoms with E-state index in [0.29, 0.717) is 17.5 Å². The van der Waals surface area contributed by atoms with E-state index in [4.69, 9.17) is 9.47 Å². The summed E-state index contributed by atoms with van der Waals surface area (Å²) in [5.41, 5.74) is 1.87. The first kappa shape index (κ1) is 19.7. The molecule has 0 saturated heterocycles. The van der Waals surface area contributed by atoms with Crippen molar-refractivity contribution in [2.24, 2.45) is 0 Å². The van der Waals surface area contributed by atoms with Crippen molar-refractivity contribution in [1.82, 2.24) is 14.8 Å². The second-order valence-corrected chi connectivity index (χ2v) is 6.81. The zero-order chi connectivity index (χ0) is 19.8. The van der Waals surface area contributed by atoms with E-state index in [9.17, 15) is 4.79 Å². The van der Waals surface area contributed by atoms with E-state index in [1.54, 1.807) is 13.2 Å². The summed E-state index contributed by atoms with van der Waals surface area (Å²) in [6, 6.07) is 17.2. The predicted octanol–water partition coefficient (Wildman–Crippen LogP) is 3.98. The molecule has 0 amide bonds. The molecule has 0 aliphatic carbocycles. The molecule has 3 aromatic rings. The van der Waals surface area contributed by atoms with Gasteiger partial charge in [-0.25, -0.2) is 0 Å². The zero-order valence-electron chi connectivity index (χ0n) is 15.6. The van der Waals surface area contributed by atoms with Gasteiger partial charge < -0.3 is 9.47 Å². The summed E-state index contributed by atoms with van der Waals surface area (Å²) in [7, 11) is 1.63. The van der Waals surface area contributed by atoms with Crippen molar-refractivity contribution in [3.8, 4) is 17.1 Å². The largest absolute Gasteiger partial charge is 0.497 e. The highest BCUT2D eigenvalue weighted by Crippen LogP contribution is 2.25. The highest BCUT2D eigenvalue weighted by molar-refractivity contribution is 7.99. The maximum absolute atomic E-state index is 12.1. The molecule has 2 aromatic carbocycles. The minimum atomic E-state index is -0.298. The van der Waals surface area contributed by atoms with Crippen molar-refractivity contribution in [1.29, 1.82) is 0 Å². The average Bonchev–Trinajstić information content (AvgIpc) is 3.14. The maximum atomic E-state index is 12.1. The zero-order valence-corrected chi connectivity index (χ0v) is 16.4. The van der Waals surface area contributed by atoms with Crippen LogP contribution in [0.15, 0.2) is 72.4 Å². The lowest BCUT2D eigenvalue weighted by Crippen LogP contribution is -2.08. The van der Waals surface area contributed by atoms with Crippen LogP contribution in [0.25, 0.3) is 11.4 Å². The molecule has 0 fully saturated rings. The number of benzene rings is 2. The van der Waals surface area contributed by atoms with E-state index in [1.807, 2.05) is 59.2 Å². The van der Waals surface area contributed by atoms with Crippen LogP contribution in [-0.2, 0) is 22.7 Å². The average molecular weight is 395 g/mol. The molecule has 0 unspecified atom stereocenters. The summed E-state index contributed by atoms with van der Waals surface area (Å²) in [5, 5.41) is 9.16. The van der Waals surface area contributed by atoms with Gasteiger partial charge in [0.1, 0.15) is 12.4 Å². The van der Waals surface area contributed by atoms with Crippen LogP contribution >= 0.6 is 11.8 Å². The number of carbonyl (C=O) groups excluding carboxylic acids is 1. The molecule has 3 rings (SSSR count). The normalized spacial score (nSPS) is 10.5. The number of hydrogen-bond acceptors (Lipinski definition) is 6. The van der Waals surface area contributed by atoms with Gasteiger partial charge in [-0.3, -0.25) is 9.36 Å². The van der Waals surface area contributed by atoms with E-state index in [2.05, 4.69) is 16.8 Å². The van der Waals surface area contributed by atoms with Crippen molar-refractivity contribution < 1.29 is 14.3 Å². The van der Waals surface area contributed by atoms with E-state index in [-0.39, 0.29) is 18.3 Å². The third kappa shape index (κ3) is 5.01. The maximum Gasteiger partial charge on any atom is 0.316 e. The first-order valence-electron chi connectivity index (χ1n) is 8.72. The number of allylic oxidation sites excluding steroid dienone is 1. The van der Waals surface area contributed by atoms with Crippen LogP contribution in [0.2, 0.25) is 0 Å². The monoisotopic (exact) mass is 395 g/mol. The minimum absolute atomic E-state index is 0.157. The Morgan fingerprint density at radius 2 is 1.89 bits per heavy atom. The number of aromatic nitrogens is 3. The molecular formula is C21H21N3O3S. The van der Waals surface area contributed by atoms with Crippen LogP contribution < -0.4 is 4.74 Å². The Morgan fingerprint density at radius 3 is 2.57 bits per heavy atom. The quantitative estimate of drug-likeness (QED) is 0.310. The molecular weight excluding hydrogens is 374 g/mol. The van der Waals surface area contributed by atoms with Gasteiger partial charge in [0.25, 0.3) is 0 Å². The van der Waals surface area contributed by atoms with Crippen molar-refractivity contribution in [2.75, 3.05) is 12.9 Å². The Balaban J connectivity index is 1.65. The fourth-order valence-electron chi connectivity index (χ4n) is 2.55. The molecule has 1 aromatic heterocycles. The van der Waals surface area contributed by atoms with Gasteiger partial charge in [0.2, 0.25) is 0 Å². The minimum Gasteiger partial charge on any atom is -0.497 e. The standard InChI is InChI=1S/C21H21N3O3S/c1-3-13-24-20(17-9-11-18(26-2)12-10-17)22-23-21(24)28-15-19(25)27-14-16-7-5-4-6-8-16/h3-12H,1,13-15H2,2H3. The second-order valence-electron chi connectivity index (χ2n) is 5.87. The molecule has 0 bridgehead atoms. The number of thioether (sulfide) groups is 1. The molecule has 0 radical (unpaired) electrons. The molecule has 0 atom stereocenters. The SMILES string of the molecule is C=CCn1c(SCC(=O)OCc2ccccc2)nnc1-c1ccc(OC)cc1. The number of nitrogens with zero attached hydrogens (tertiary/aromatic N) is 3. The summed E-state index contributed by atoms with van der Waals surface area (Å²) in [5.74, 6) is 1.34. The van der Waals surface area contributed by atoms with Crippen molar-refractivity contribution in [2.45, 2.75) is 18.3 Å². The number of carbonyl (C=O) groups is 1. The van der Waals surface area contributed by atoms with E-state index >= 15 is 0 Å². The second kappa shape index (κ2) is 9.75. The van der Waals surface area contributed by atoms with Crippen LogP contribution in [0, 0.1) is 0 Å². The van der Waals surface area contributed by atoms with Gasteiger partial charge in [0.15, 0.2) is 11.0 Å². The third-order valence-corrected chi connectivity index (χ3v) is 4.88. The molecule has 6 nitrogen and oxygen atoms in total. The number of ether oxygens (including phenoxy) is 2. The van der Waals surface area contributed by atoms with Gasteiger partial charge in [-0.2, -0.15) is 0 Å². The topological polar surface area (TPSA) is 66.2 Å². The summed E-state index contributed by atoms with van der Waals surface area (Å²) in [4.78, 5) is 12.1. The summed E-state index contributed by atoms with van der Waals surface area (Å²) in [6.07, 6.45) is 1.77. The number of rotatable bonds is 9. The predicted molar refractivity (Wildman–Crippen MR) is 109 cm³/mol. The van der Waals surface area contributed by atoms with Crippen molar-refractivity contribution >= 4 is 17.7 Å². The number of esters is 1. The first-order valence-corrected chi connectivity index (χ1v) is 9.70. The highest BCUT2D eigenvalue weighted by Gasteiger charge is 2.15. The summed E-state index contributed by atoms with van der Waals surface area (Å²) < 4.78 is 12.4. The first-order chi connectivity index (χ1) is 13.7. The van der Waals surface area contributed by atoms with Gasteiger partial charge in [-0.1, -0.05) is 48.2 Å². The molecule has 0 aliphatic rings. The summed E-state index contributed by atoms with van der Waals surface area (Å²) in [6.45, 7) is 4.60. The molecule has 28 heavy (non-hydrogen) atoms. The molecule has 7 heteroatoms. The fraction of sp³-hybridized carbons (Fsp3) is 0.190. The van der Waals surface area contributed by atoms with Crippen LogP contribution in [0.4, 0.5) is 0 Å². The van der Waals surface area contributed by atoms with Crippen molar-refractivity contribution in [3.05, 3.63) is 72.8 Å². The Labute approximate surface area is 168 Å². The smallest absolute Gasteiger partial charge is 0.316 e. The van der Waals surface area contributed by atoms with E-state index in [1.165, 1.54) is 11.8 Å². The van der Waals surface area contributed by atoms with Crippen LogP contribution in [-0.4, -0.2) is 33.6 Å². The Bertz CT molecular complexity index is 924. The van der Waals surface area contributed by atoms with Crippen LogP contribution in [0.5, 0.6) is 5.75 Å². The van der Waals surface area contributed by atoms with Crippen LogP contribution in [0.3, 0.4) is 0 Å². The van der Waals surface area contributed by atoms with Crippen molar-refractivity contribution in [3.63, 3.8) is 0 Å². The number of methoxy groups -OCH3 is 1. The third-order valence-electron chi connectivity index (χ3n) is 3.94. The van der Waals surface area contributed by atoms with Crippen LogP contribution in [0.1, 0.15) is 5.56 Å². The molecule has 0 saturated carbocycles. The lowest BCUT2D eigenvalue weighted by Gasteiger charge is -2.08. The lowest BCUT2D eigenvalue weighted by molar-refractivity contribution is -0.141. The molecule has 144 valence electrons. The Kier molecular flexibility index (Phi) is 6.86. The van der Waals surface area contributed by atoms with E-state index in [0.717, 1.165) is 16.9 Å². The van der Waals surface area contributed by atoms with Gasteiger partial charge in [0, 0.05) is 12.1 Å². The molecule has 0 aliphatic heterocycles. The Morgan fingerprint density at radius 1 is 1.14 bits per heavy atom. The number of hydrogen-bond donors (Lipinski definition) is 0. The van der Waals surface area contributed by atoms with Gasteiger partial charge >= 0.3 is 5.97 Å². The van der Waals surface area contributed by atoms with Gasteiger partial charge in [0.05, 0.1) is 12.9 Å². The molecule has 0 spiro atoms. The van der Waals surface area contributed by atoms with E-state index < -0.39 is 0 Å². The molecule has 1 heterocycles. The lowest BCUT2D eigenvalue weighted by atomic mass is 10.2.